The standard InChI is InChI=1S/C13H17N3O3/c1-8-6-15(7-9(8)2)13(17)11-5-10(14)3-4-12(11)16(18)19/h3-5,8-9H,6-7,14H2,1-2H3. The number of hydrogen-bond acceptors (Lipinski definition) is 4. The molecule has 0 aliphatic carbocycles. The summed E-state index contributed by atoms with van der Waals surface area (Å²) in [5.74, 6) is 0.503. The molecule has 1 aromatic rings. The van der Waals surface area contributed by atoms with Crippen molar-refractivity contribution in [3.63, 3.8) is 0 Å². The summed E-state index contributed by atoms with van der Waals surface area (Å²) in [6, 6.07) is 4.10. The van der Waals surface area contributed by atoms with Gasteiger partial charge in [-0.25, -0.2) is 0 Å². The van der Waals surface area contributed by atoms with Crippen LogP contribution in [-0.2, 0) is 0 Å². The predicted molar refractivity (Wildman–Crippen MR) is 71.7 cm³/mol. The van der Waals surface area contributed by atoms with E-state index in [1.807, 2.05) is 0 Å². The normalized spacial score (nSPS) is 22.5. The first kappa shape index (κ1) is 13.3. The third kappa shape index (κ3) is 2.52. The zero-order chi connectivity index (χ0) is 14.2. The Bertz CT molecular complexity index is 520. The Kier molecular flexibility index (Phi) is 3.42. The van der Waals surface area contributed by atoms with Crippen molar-refractivity contribution in [2.45, 2.75) is 13.8 Å². The van der Waals surface area contributed by atoms with Crippen molar-refractivity contribution >= 4 is 17.3 Å². The zero-order valence-electron chi connectivity index (χ0n) is 11.0. The summed E-state index contributed by atoms with van der Waals surface area (Å²) < 4.78 is 0. The highest BCUT2D eigenvalue weighted by atomic mass is 16.6. The highest BCUT2D eigenvalue weighted by molar-refractivity contribution is 5.99. The number of likely N-dealkylation sites (tertiary alicyclic amines) is 1. The van der Waals surface area contributed by atoms with Crippen LogP contribution >= 0.6 is 0 Å². The van der Waals surface area contributed by atoms with Crippen LogP contribution in [0.15, 0.2) is 18.2 Å². The molecule has 1 amide bonds. The van der Waals surface area contributed by atoms with Crippen LogP contribution in [0, 0.1) is 22.0 Å². The van der Waals surface area contributed by atoms with Gasteiger partial charge in [-0.2, -0.15) is 0 Å². The quantitative estimate of drug-likeness (QED) is 0.501. The number of nitro benzene ring substituents is 1. The summed E-state index contributed by atoms with van der Waals surface area (Å²) in [6.45, 7) is 5.41. The number of nitro groups is 1. The number of nitrogens with two attached hydrogens (primary N) is 1. The fourth-order valence-electron chi connectivity index (χ4n) is 2.35. The van der Waals surface area contributed by atoms with Gasteiger partial charge in [0.15, 0.2) is 0 Å². The molecule has 102 valence electrons. The Balaban J connectivity index is 2.33. The highest BCUT2D eigenvalue weighted by Gasteiger charge is 2.32. The van der Waals surface area contributed by atoms with Gasteiger partial charge in [-0.15, -0.1) is 0 Å². The van der Waals surface area contributed by atoms with Crippen molar-refractivity contribution in [1.29, 1.82) is 0 Å². The van der Waals surface area contributed by atoms with Crippen molar-refractivity contribution in [3.05, 3.63) is 33.9 Å². The molecule has 1 saturated heterocycles. The van der Waals surface area contributed by atoms with Gasteiger partial charge in [0.05, 0.1) is 4.92 Å². The van der Waals surface area contributed by atoms with Crippen LogP contribution in [0.4, 0.5) is 11.4 Å². The first-order valence-electron chi connectivity index (χ1n) is 6.23. The summed E-state index contributed by atoms with van der Waals surface area (Å²) in [6.07, 6.45) is 0. The minimum absolute atomic E-state index is 0.0753. The van der Waals surface area contributed by atoms with Crippen LogP contribution < -0.4 is 5.73 Å². The molecular weight excluding hydrogens is 246 g/mol. The van der Waals surface area contributed by atoms with E-state index in [0.717, 1.165) is 0 Å². The zero-order valence-corrected chi connectivity index (χ0v) is 11.0. The number of carbonyl (C=O) groups is 1. The molecule has 2 unspecified atom stereocenters. The van der Waals surface area contributed by atoms with E-state index in [4.69, 9.17) is 5.73 Å². The fraction of sp³-hybridized carbons (Fsp3) is 0.462. The topological polar surface area (TPSA) is 89.5 Å². The molecule has 0 radical (unpaired) electrons. The number of amides is 1. The van der Waals surface area contributed by atoms with Gasteiger partial charge in [0.25, 0.3) is 11.6 Å². The average Bonchev–Trinajstić information content (AvgIpc) is 2.68. The summed E-state index contributed by atoms with van der Waals surface area (Å²) in [4.78, 5) is 24.5. The first-order valence-corrected chi connectivity index (χ1v) is 6.23. The Morgan fingerprint density at radius 1 is 1.37 bits per heavy atom. The number of nitrogen functional groups attached to an aromatic ring is 1. The van der Waals surface area contributed by atoms with E-state index in [-0.39, 0.29) is 17.2 Å². The molecule has 6 heteroatoms. The van der Waals surface area contributed by atoms with Crippen molar-refractivity contribution in [1.82, 2.24) is 4.90 Å². The Morgan fingerprint density at radius 2 is 1.95 bits per heavy atom. The molecule has 1 aliphatic rings. The maximum atomic E-state index is 12.4. The largest absolute Gasteiger partial charge is 0.399 e. The average molecular weight is 263 g/mol. The molecule has 2 N–H and O–H groups in total. The molecule has 1 aromatic carbocycles. The van der Waals surface area contributed by atoms with Gasteiger partial charge in [0.1, 0.15) is 5.56 Å². The van der Waals surface area contributed by atoms with Gasteiger partial charge in [-0.3, -0.25) is 14.9 Å². The van der Waals surface area contributed by atoms with E-state index in [2.05, 4.69) is 13.8 Å². The Hall–Kier alpha value is -2.11. The number of rotatable bonds is 2. The van der Waals surface area contributed by atoms with Gasteiger partial charge in [-0.05, 0) is 24.0 Å². The van der Waals surface area contributed by atoms with Crippen LogP contribution in [0.2, 0.25) is 0 Å². The van der Waals surface area contributed by atoms with Gasteiger partial charge >= 0.3 is 0 Å². The number of benzene rings is 1. The lowest BCUT2D eigenvalue weighted by Crippen LogP contribution is -2.29. The van der Waals surface area contributed by atoms with E-state index in [1.54, 1.807) is 4.90 Å². The maximum Gasteiger partial charge on any atom is 0.282 e. The van der Waals surface area contributed by atoms with Crippen LogP contribution in [0.5, 0.6) is 0 Å². The van der Waals surface area contributed by atoms with E-state index >= 15 is 0 Å². The minimum Gasteiger partial charge on any atom is -0.399 e. The van der Waals surface area contributed by atoms with Crippen LogP contribution in [0.25, 0.3) is 0 Å². The number of nitrogens with zero attached hydrogens (tertiary/aromatic N) is 2. The SMILES string of the molecule is CC1CN(C(=O)c2cc(N)ccc2[N+](=O)[O-])CC1C. The number of hydrogen-bond donors (Lipinski definition) is 1. The summed E-state index contributed by atoms with van der Waals surface area (Å²) in [5, 5.41) is 11.0. The fourth-order valence-corrected chi connectivity index (χ4v) is 2.35. The van der Waals surface area contributed by atoms with E-state index < -0.39 is 4.92 Å². The monoisotopic (exact) mass is 263 g/mol. The summed E-state index contributed by atoms with van der Waals surface area (Å²) in [7, 11) is 0. The molecule has 0 saturated carbocycles. The van der Waals surface area contributed by atoms with Gasteiger partial charge in [-0.1, -0.05) is 13.8 Å². The van der Waals surface area contributed by atoms with Crippen LogP contribution in [0.3, 0.4) is 0 Å². The smallest absolute Gasteiger partial charge is 0.282 e. The first-order chi connectivity index (χ1) is 8.90. The molecule has 2 rings (SSSR count). The van der Waals surface area contributed by atoms with Crippen LogP contribution in [-0.4, -0.2) is 28.8 Å². The predicted octanol–water partition coefficient (Wildman–Crippen LogP) is 1.91. The molecule has 6 nitrogen and oxygen atoms in total. The number of carbonyl (C=O) groups excluding carboxylic acids is 1. The summed E-state index contributed by atoms with van der Waals surface area (Å²) in [5.41, 5.74) is 5.87. The highest BCUT2D eigenvalue weighted by Crippen LogP contribution is 2.27. The van der Waals surface area contributed by atoms with Crippen molar-refractivity contribution in [2.75, 3.05) is 18.8 Å². The third-order valence-corrected chi connectivity index (χ3v) is 3.72. The second kappa shape index (κ2) is 4.87. The molecule has 1 fully saturated rings. The molecule has 0 aromatic heterocycles. The lowest BCUT2D eigenvalue weighted by molar-refractivity contribution is -0.385. The molecule has 0 spiro atoms. The number of anilines is 1. The van der Waals surface area contributed by atoms with Gasteiger partial charge in [0.2, 0.25) is 0 Å². The van der Waals surface area contributed by atoms with E-state index in [0.29, 0.717) is 30.6 Å². The van der Waals surface area contributed by atoms with E-state index in [1.165, 1.54) is 18.2 Å². The van der Waals surface area contributed by atoms with Crippen molar-refractivity contribution < 1.29 is 9.72 Å². The second-order valence-corrected chi connectivity index (χ2v) is 5.20. The molecule has 1 heterocycles. The van der Waals surface area contributed by atoms with Gasteiger partial charge < -0.3 is 10.6 Å². The maximum absolute atomic E-state index is 12.4. The van der Waals surface area contributed by atoms with Crippen molar-refractivity contribution in [3.8, 4) is 0 Å². The third-order valence-electron chi connectivity index (χ3n) is 3.72. The Labute approximate surface area is 111 Å². The molecular formula is C13H17N3O3. The minimum atomic E-state index is -0.546. The molecule has 1 aliphatic heterocycles. The van der Waals surface area contributed by atoms with E-state index in [9.17, 15) is 14.9 Å². The second-order valence-electron chi connectivity index (χ2n) is 5.20. The molecule has 0 bridgehead atoms. The lowest BCUT2D eigenvalue weighted by atomic mass is 10.0. The van der Waals surface area contributed by atoms with Crippen LogP contribution in [0.1, 0.15) is 24.2 Å². The lowest BCUT2D eigenvalue weighted by Gasteiger charge is -2.16. The molecule has 19 heavy (non-hydrogen) atoms. The summed E-state index contributed by atoms with van der Waals surface area (Å²) >= 11 is 0. The Morgan fingerprint density at radius 3 is 2.47 bits per heavy atom. The molecule has 2 atom stereocenters. The van der Waals surface area contributed by atoms with Crippen molar-refractivity contribution in [2.24, 2.45) is 11.8 Å². The van der Waals surface area contributed by atoms with Gasteiger partial charge in [0, 0.05) is 24.8 Å².